The Kier molecular flexibility index (Phi) is 6.15. The number of carbonyl (C=O) groups excluding carboxylic acids is 1. The zero-order valence-corrected chi connectivity index (χ0v) is 18.0. The highest BCUT2D eigenvalue weighted by molar-refractivity contribution is 9.10. The molecule has 9 heteroatoms. The van der Waals surface area contributed by atoms with Crippen LogP contribution in [0.3, 0.4) is 0 Å². The smallest absolute Gasteiger partial charge is 0.244 e. The number of anilines is 1. The third-order valence-corrected chi connectivity index (χ3v) is 5.14. The van der Waals surface area contributed by atoms with Crippen LogP contribution >= 0.6 is 27.5 Å². The van der Waals surface area contributed by atoms with Gasteiger partial charge in [0.2, 0.25) is 5.91 Å². The molecular formula is C21H17BrClN5O2. The third kappa shape index (κ3) is 4.55. The Labute approximate surface area is 185 Å². The van der Waals surface area contributed by atoms with Gasteiger partial charge in [-0.1, -0.05) is 29.8 Å². The Morgan fingerprint density at radius 2 is 2.10 bits per heavy atom. The van der Waals surface area contributed by atoms with Gasteiger partial charge in [-0.3, -0.25) is 4.79 Å². The molecule has 0 aliphatic heterocycles. The standard InChI is InChI=1S/C21H17BrClN5O2/c22-16-13-26-28-19(12-18(27-21(16)28)15-5-1-2-6-17(15)23)24-9-10-25-20(29)8-7-14-4-3-11-30-14/h1-8,11-13,24H,9-10H2,(H,25,29). The second-order valence-electron chi connectivity index (χ2n) is 6.30. The van der Waals surface area contributed by atoms with Gasteiger partial charge in [0, 0.05) is 35.8 Å². The normalized spacial score (nSPS) is 11.3. The summed E-state index contributed by atoms with van der Waals surface area (Å²) in [6, 6.07) is 13.0. The first-order valence-corrected chi connectivity index (χ1v) is 10.3. The number of hydrogen-bond acceptors (Lipinski definition) is 5. The molecular weight excluding hydrogens is 470 g/mol. The first-order valence-electron chi connectivity index (χ1n) is 9.14. The number of fused-ring (bicyclic) bond motifs is 1. The second-order valence-corrected chi connectivity index (χ2v) is 7.56. The number of nitrogens with zero attached hydrogens (tertiary/aromatic N) is 3. The van der Waals surface area contributed by atoms with Crippen LogP contribution in [0, 0.1) is 0 Å². The number of benzene rings is 1. The van der Waals surface area contributed by atoms with Crippen molar-refractivity contribution in [3.05, 3.63) is 76.3 Å². The predicted octanol–water partition coefficient (Wildman–Crippen LogP) is 4.65. The summed E-state index contributed by atoms with van der Waals surface area (Å²) in [5.41, 5.74) is 2.22. The van der Waals surface area contributed by atoms with Crippen LogP contribution in [-0.2, 0) is 4.79 Å². The molecule has 4 rings (SSSR count). The van der Waals surface area contributed by atoms with Gasteiger partial charge in [-0.15, -0.1) is 0 Å². The Morgan fingerprint density at radius 3 is 2.90 bits per heavy atom. The fourth-order valence-electron chi connectivity index (χ4n) is 2.85. The van der Waals surface area contributed by atoms with Gasteiger partial charge in [-0.05, 0) is 40.2 Å². The summed E-state index contributed by atoms with van der Waals surface area (Å²) in [5.74, 6) is 1.16. The minimum atomic E-state index is -0.202. The van der Waals surface area contributed by atoms with Crippen molar-refractivity contribution in [3.63, 3.8) is 0 Å². The van der Waals surface area contributed by atoms with E-state index in [1.807, 2.05) is 30.3 Å². The van der Waals surface area contributed by atoms with Gasteiger partial charge in [-0.2, -0.15) is 9.61 Å². The quantitative estimate of drug-likeness (QED) is 0.293. The van der Waals surface area contributed by atoms with Crippen molar-refractivity contribution in [2.75, 3.05) is 18.4 Å². The number of amides is 1. The van der Waals surface area contributed by atoms with Crippen LogP contribution < -0.4 is 10.6 Å². The fourth-order valence-corrected chi connectivity index (χ4v) is 3.43. The molecule has 1 aromatic carbocycles. The van der Waals surface area contributed by atoms with E-state index in [1.54, 1.807) is 35.2 Å². The molecule has 3 aromatic heterocycles. The zero-order valence-electron chi connectivity index (χ0n) is 15.7. The van der Waals surface area contributed by atoms with E-state index in [9.17, 15) is 4.79 Å². The van der Waals surface area contributed by atoms with Crippen LogP contribution in [0.5, 0.6) is 0 Å². The monoisotopic (exact) mass is 485 g/mol. The molecule has 0 atom stereocenters. The van der Waals surface area contributed by atoms with Crippen molar-refractivity contribution < 1.29 is 9.21 Å². The molecule has 0 bridgehead atoms. The van der Waals surface area contributed by atoms with Crippen molar-refractivity contribution in [1.29, 1.82) is 0 Å². The first kappa shape index (κ1) is 20.2. The van der Waals surface area contributed by atoms with Crippen molar-refractivity contribution in [1.82, 2.24) is 19.9 Å². The average molecular weight is 487 g/mol. The number of rotatable bonds is 7. The number of carbonyl (C=O) groups is 1. The highest BCUT2D eigenvalue weighted by Gasteiger charge is 2.13. The minimum absolute atomic E-state index is 0.202. The molecule has 3 heterocycles. The van der Waals surface area contributed by atoms with Gasteiger partial charge < -0.3 is 15.1 Å². The van der Waals surface area contributed by atoms with Crippen LogP contribution in [0.2, 0.25) is 5.02 Å². The van der Waals surface area contributed by atoms with Crippen LogP contribution in [0.25, 0.3) is 23.0 Å². The molecule has 0 fully saturated rings. The lowest BCUT2D eigenvalue weighted by Crippen LogP contribution is -2.27. The number of nitrogens with one attached hydrogen (secondary N) is 2. The summed E-state index contributed by atoms with van der Waals surface area (Å²) in [5, 5.41) is 11.1. The lowest BCUT2D eigenvalue weighted by atomic mass is 10.1. The molecule has 0 saturated heterocycles. The van der Waals surface area contributed by atoms with Crippen molar-refractivity contribution in [3.8, 4) is 11.3 Å². The SMILES string of the molecule is O=C(C=Cc1ccco1)NCCNc1cc(-c2ccccc2Cl)nc2c(Br)cnn12. The van der Waals surface area contributed by atoms with E-state index in [4.69, 9.17) is 16.0 Å². The lowest BCUT2D eigenvalue weighted by Gasteiger charge is -2.12. The maximum absolute atomic E-state index is 11.9. The van der Waals surface area contributed by atoms with Gasteiger partial charge in [0.05, 0.1) is 22.6 Å². The van der Waals surface area contributed by atoms with Gasteiger partial charge >= 0.3 is 0 Å². The molecule has 2 N–H and O–H groups in total. The number of halogens is 2. The van der Waals surface area contributed by atoms with Crippen LogP contribution in [0.15, 0.2) is 69.9 Å². The maximum Gasteiger partial charge on any atom is 0.244 e. The van der Waals surface area contributed by atoms with Gasteiger partial charge in [0.15, 0.2) is 5.65 Å². The Bertz CT molecular complexity index is 1200. The molecule has 1 amide bonds. The molecule has 0 aliphatic rings. The second kappa shape index (κ2) is 9.15. The summed E-state index contributed by atoms with van der Waals surface area (Å²) in [6.07, 6.45) is 6.29. The number of aromatic nitrogens is 3. The minimum Gasteiger partial charge on any atom is -0.465 e. The van der Waals surface area contributed by atoms with Gasteiger partial charge in [0.1, 0.15) is 11.6 Å². The van der Waals surface area contributed by atoms with Crippen molar-refractivity contribution >= 4 is 51.0 Å². The van der Waals surface area contributed by atoms with E-state index in [2.05, 4.69) is 36.6 Å². The first-order chi connectivity index (χ1) is 14.6. The summed E-state index contributed by atoms with van der Waals surface area (Å²) >= 11 is 9.83. The van der Waals surface area contributed by atoms with E-state index in [0.717, 1.165) is 21.5 Å². The van der Waals surface area contributed by atoms with E-state index >= 15 is 0 Å². The highest BCUT2D eigenvalue weighted by atomic mass is 79.9. The number of hydrogen-bond donors (Lipinski definition) is 2. The molecule has 0 saturated carbocycles. The summed E-state index contributed by atoms with van der Waals surface area (Å²) < 4.78 is 7.63. The van der Waals surface area contributed by atoms with Crippen LogP contribution in [-0.4, -0.2) is 33.6 Å². The van der Waals surface area contributed by atoms with Gasteiger partial charge in [0.25, 0.3) is 0 Å². The molecule has 0 radical (unpaired) electrons. The fraction of sp³-hybridized carbons (Fsp3) is 0.0952. The van der Waals surface area contributed by atoms with Crippen LogP contribution in [0.4, 0.5) is 5.82 Å². The summed E-state index contributed by atoms with van der Waals surface area (Å²) in [7, 11) is 0. The Balaban J connectivity index is 1.46. The summed E-state index contributed by atoms with van der Waals surface area (Å²) in [6.45, 7) is 0.924. The average Bonchev–Trinajstić information content (AvgIpc) is 3.40. The van der Waals surface area contributed by atoms with E-state index < -0.39 is 0 Å². The predicted molar refractivity (Wildman–Crippen MR) is 120 cm³/mol. The third-order valence-electron chi connectivity index (χ3n) is 4.25. The molecule has 0 spiro atoms. The summed E-state index contributed by atoms with van der Waals surface area (Å²) in [4.78, 5) is 16.6. The van der Waals surface area contributed by atoms with E-state index in [1.165, 1.54) is 6.08 Å². The van der Waals surface area contributed by atoms with Crippen molar-refractivity contribution in [2.45, 2.75) is 0 Å². The highest BCUT2D eigenvalue weighted by Crippen LogP contribution is 2.30. The molecule has 30 heavy (non-hydrogen) atoms. The van der Waals surface area contributed by atoms with Crippen molar-refractivity contribution in [2.24, 2.45) is 0 Å². The maximum atomic E-state index is 11.9. The topological polar surface area (TPSA) is 84.5 Å². The van der Waals surface area contributed by atoms with E-state index in [0.29, 0.717) is 29.5 Å². The Hall–Kier alpha value is -3.10. The lowest BCUT2D eigenvalue weighted by molar-refractivity contribution is -0.116. The Morgan fingerprint density at radius 1 is 1.23 bits per heavy atom. The van der Waals surface area contributed by atoms with Gasteiger partial charge in [-0.25, -0.2) is 4.98 Å². The zero-order chi connectivity index (χ0) is 20.9. The van der Waals surface area contributed by atoms with E-state index in [-0.39, 0.29) is 5.91 Å². The largest absolute Gasteiger partial charge is 0.465 e. The molecule has 4 aromatic rings. The molecule has 152 valence electrons. The molecule has 0 unspecified atom stereocenters. The molecule has 7 nitrogen and oxygen atoms in total. The molecule has 0 aliphatic carbocycles. The number of furan rings is 1. The van der Waals surface area contributed by atoms with Crippen LogP contribution in [0.1, 0.15) is 5.76 Å².